The van der Waals surface area contributed by atoms with E-state index < -0.39 is 0 Å². The van der Waals surface area contributed by atoms with Crippen LogP contribution in [0.4, 0.5) is 0 Å². The van der Waals surface area contributed by atoms with Crippen molar-refractivity contribution in [3.05, 3.63) is 0 Å². The lowest BCUT2D eigenvalue weighted by molar-refractivity contribution is 0.228. The first kappa shape index (κ1) is 15.0. The highest BCUT2D eigenvalue weighted by Gasteiger charge is 2.26. The molecule has 0 N–H and O–H groups in total. The van der Waals surface area contributed by atoms with Crippen molar-refractivity contribution >= 4 is 0 Å². The third kappa shape index (κ3) is 4.67. The molecule has 3 heteroatoms. The van der Waals surface area contributed by atoms with Crippen molar-refractivity contribution in [2.75, 3.05) is 19.6 Å². The van der Waals surface area contributed by atoms with Gasteiger partial charge in [-0.05, 0) is 44.2 Å². The van der Waals surface area contributed by atoms with Crippen LogP contribution in [0, 0.1) is 34.0 Å². The Kier molecular flexibility index (Phi) is 6.16. The van der Waals surface area contributed by atoms with E-state index in [-0.39, 0.29) is 5.92 Å². The van der Waals surface area contributed by atoms with Crippen LogP contribution in [-0.4, -0.2) is 24.5 Å². The number of hydrogen-bond acceptors (Lipinski definition) is 3. The highest BCUT2D eigenvalue weighted by molar-refractivity contribution is 4.89. The van der Waals surface area contributed by atoms with E-state index in [9.17, 15) is 0 Å². The topological polar surface area (TPSA) is 50.8 Å². The summed E-state index contributed by atoms with van der Waals surface area (Å²) >= 11 is 0. The lowest BCUT2D eigenvalue weighted by Gasteiger charge is -2.27. The van der Waals surface area contributed by atoms with Gasteiger partial charge in [0, 0.05) is 13.0 Å². The van der Waals surface area contributed by atoms with Gasteiger partial charge in [-0.2, -0.15) is 10.5 Å². The molecule has 0 aliphatic carbocycles. The Hall–Kier alpha value is -1.06. The smallest absolute Gasteiger partial charge is 0.0669 e. The molecule has 0 unspecified atom stereocenters. The van der Waals surface area contributed by atoms with Gasteiger partial charge in [-0.15, -0.1) is 0 Å². The molecule has 0 spiro atoms. The van der Waals surface area contributed by atoms with Gasteiger partial charge in [-0.1, -0.05) is 20.3 Å². The molecule has 0 radical (unpaired) electrons. The number of rotatable bonds is 5. The van der Waals surface area contributed by atoms with Crippen molar-refractivity contribution in [3.8, 4) is 12.1 Å². The van der Waals surface area contributed by atoms with Crippen molar-refractivity contribution < 1.29 is 0 Å². The van der Waals surface area contributed by atoms with Crippen LogP contribution in [0.25, 0.3) is 0 Å². The highest BCUT2D eigenvalue weighted by Crippen LogP contribution is 2.34. The molecule has 1 aliphatic heterocycles. The molecule has 1 saturated heterocycles. The molecular formula is C15H25N3. The van der Waals surface area contributed by atoms with Crippen molar-refractivity contribution in [2.24, 2.45) is 11.3 Å². The molecular weight excluding hydrogens is 222 g/mol. The molecule has 0 aromatic carbocycles. The summed E-state index contributed by atoms with van der Waals surface area (Å²) in [7, 11) is 0. The normalized spacial score (nSPS) is 26.9. The van der Waals surface area contributed by atoms with Gasteiger partial charge in [0.05, 0.1) is 18.1 Å². The van der Waals surface area contributed by atoms with Crippen molar-refractivity contribution in [1.29, 1.82) is 10.5 Å². The molecule has 0 amide bonds. The Morgan fingerprint density at radius 1 is 1.28 bits per heavy atom. The van der Waals surface area contributed by atoms with Crippen molar-refractivity contribution in [2.45, 2.75) is 52.4 Å². The summed E-state index contributed by atoms with van der Waals surface area (Å²) in [6, 6.07) is 4.48. The summed E-state index contributed by atoms with van der Waals surface area (Å²) < 4.78 is 0. The molecule has 0 aromatic heterocycles. The van der Waals surface area contributed by atoms with Gasteiger partial charge in [0.15, 0.2) is 0 Å². The predicted octanol–water partition coefficient (Wildman–Crippen LogP) is 3.33. The molecule has 0 aromatic rings. The summed E-state index contributed by atoms with van der Waals surface area (Å²) in [5.74, 6) is 0.0237. The minimum Gasteiger partial charge on any atom is -0.302 e. The lowest BCUT2D eigenvalue weighted by atomic mass is 9.80. The van der Waals surface area contributed by atoms with E-state index >= 15 is 0 Å². The summed E-state index contributed by atoms with van der Waals surface area (Å²) in [5.41, 5.74) is 0.490. The standard InChI is InChI=1S/C15H25N3/c1-3-15(2)7-5-10-18(11-8-15)13-14(12-17)6-4-9-16/h14H,3-8,10-11,13H2,1-2H3/t14-,15-/m0/s1. The fraction of sp³-hybridized carbons (Fsp3) is 0.867. The average molecular weight is 247 g/mol. The monoisotopic (exact) mass is 247 g/mol. The fourth-order valence-corrected chi connectivity index (χ4v) is 2.68. The average Bonchev–Trinajstić information content (AvgIpc) is 2.57. The van der Waals surface area contributed by atoms with Crippen LogP contribution >= 0.6 is 0 Å². The maximum Gasteiger partial charge on any atom is 0.0669 e. The Labute approximate surface area is 111 Å². The van der Waals surface area contributed by atoms with Gasteiger partial charge in [-0.3, -0.25) is 0 Å². The van der Waals surface area contributed by atoms with Crippen LogP contribution in [-0.2, 0) is 0 Å². The van der Waals surface area contributed by atoms with Crippen LogP contribution in [0.1, 0.15) is 52.4 Å². The molecule has 100 valence electrons. The zero-order valence-electron chi connectivity index (χ0n) is 11.8. The maximum absolute atomic E-state index is 9.12. The largest absolute Gasteiger partial charge is 0.302 e. The summed E-state index contributed by atoms with van der Waals surface area (Å²) in [5, 5.41) is 17.7. The minimum atomic E-state index is 0.0237. The Morgan fingerprint density at radius 3 is 2.67 bits per heavy atom. The zero-order valence-corrected chi connectivity index (χ0v) is 11.8. The van der Waals surface area contributed by atoms with Gasteiger partial charge >= 0.3 is 0 Å². The van der Waals surface area contributed by atoms with Gasteiger partial charge < -0.3 is 4.90 Å². The van der Waals surface area contributed by atoms with E-state index in [1.807, 2.05) is 0 Å². The summed E-state index contributed by atoms with van der Waals surface area (Å²) in [4.78, 5) is 2.42. The van der Waals surface area contributed by atoms with Crippen LogP contribution in [0.15, 0.2) is 0 Å². The number of nitrogens with zero attached hydrogens (tertiary/aromatic N) is 3. The second-order valence-electron chi connectivity index (χ2n) is 5.84. The second kappa shape index (κ2) is 7.39. The fourth-order valence-electron chi connectivity index (χ4n) is 2.68. The van der Waals surface area contributed by atoms with Gasteiger partial charge in [0.25, 0.3) is 0 Å². The van der Waals surface area contributed by atoms with Crippen LogP contribution in [0.2, 0.25) is 0 Å². The highest BCUT2D eigenvalue weighted by atomic mass is 15.1. The first-order chi connectivity index (χ1) is 8.63. The number of hydrogen-bond donors (Lipinski definition) is 0. The van der Waals surface area contributed by atoms with Crippen LogP contribution in [0.3, 0.4) is 0 Å². The van der Waals surface area contributed by atoms with Gasteiger partial charge in [0.1, 0.15) is 0 Å². The molecule has 0 saturated carbocycles. The van der Waals surface area contributed by atoms with E-state index in [0.717, 1.165) is 19.6 Å². The molecule has 0 bridgehead atoms. The molecule has 1 fully saturated rings. The quantitative estimate of drug-likeness (QED) is 0.748. The number of likely N-dealkylation sites (tertiary alicyclic amines) is 1. The SMILES string of the molecule is CC[C@@]1(C)CCCN(C[C@H](C#N)CCC#N)CC1. The van der Waals surface area contributed by atoms with Crippen molar-refractivity contribution in [3.63, 3.8) is 0 Å². The Bertz CT molecular complexity index is 326. The molecule has 18 heavy (non-hydrogen) atoms. The molecule has 2 atom stereocenters. The van der Waals surface area contributed by atoms with E-state index in [0.29, 0.717) is 18.3 Å². The van der Waals surface area contributed by atoms with Crippen molar-refractivity contribution in [1.82, 2.24) is 4.90 Å². The zero-order chi connectivity index (χ0) is 13.4. The Balaban J connectivity index is 2.44. The predicted molar refractivity (Wildman–Crippen MR) is 72.6 cm³/mol. The molecule has 3 nitrogen and oxygen atoms in total. The minimum absolute atomic E-state index is 0.0237. The Morgan fingerprint density at radius 2 is 2.06 bits per heavy atom. The lowest BCUT2D eigenvalue weighted by Crippen LogP contribution is -2.30. The van der Waals surface area contributed by atoms with E-state index in [2.05, 4.69) is 30.9 Å². The number of nitriles is 2. The molecule has 1 heterocycles. The first-order valence-corrected chi connectivity index (χ1v) is 7.12. The first-order valence-electron chi connectivity index (χ1n) is 7.12. The summed E-state index contributed by atoms with van der Waals surface area (Å²) in [6.07, 6.45) is 6.24. The van der Waals surface area contributed by atoms with E-state index in [1.54, 1.807) is 0 Å². The second-order valence-corrected chi connectivity index (χ2v) is 5.84. The maximum atomic E-state index is 9.12. The van der Waals surface area contributed by atoms with E-state index in [4.69, 9.17) is 10.5 Å². The third-order valence-corrected chi connectivity index (χ3v) is 4.41. The third-order valence-electron chi connectivity index (χ3n) is 4.41. The van der Waals surface area contributed by atoms with Crippen LogP contribution in [0.5, 0.6) is 0 Å². The van der Waals surface area contributed by atoms with Gasteiger partial charge in [-0.25, -0.2) is 0 Å². The molecule has 1 aliphatic rings. The van der Waals surface area contributed by atoms with E-state index in [1.165, 1.54) is 25.7 Å². The summed E-state index contributed by atoms with van der Waals surface area (Å²) in [6.45, 7) is 7.72. The van der Waals surface area contributed by atoms with Crippen LogP contribution < -0.4 is 0 Å². The van der Waals surface area contributed by atoms with Gasteiger partial charge in [0.2, 0.25) is 0 Å². The molecule has 1 rings (SSSR count).